The zero-order chi connectivity index (χ0) is 23.4. The molecule has 0 bridgehead atoms. The van der Waals surface area contributed by atoms with Gasteiger partial charge in [-0.3, -0.25) is 20.0 Å². The minimum Gasteiger partial charge on any atom is -0.871 e. The number of rotatable bonds is 6. The molecule has 0 aliphatic rings. The molecular formula is C24H24N4O4Zn. The van der Waals surface area contributed by atoms with Crippen molar-refractivity contribution in [2.75, 3.05) is 0 Å². The summed E-state index contributed by atoms with van der Waals surface area (Å²) >= 11 is 0. The number of hydrogen-bond acceptors (Lipinski definition) is 8. The number of aliphatic hydroxyl groups excluding tert-OH is 1. The molecule has 0 atom stereocenters. The van der Waals surface area contributed by atoms with Crippen LogP contribution in [0.2, 0.25) is 0 Å². The van der Waals surface area contributed by atoms with Crippen LogP contribution in [0.3, 0.4) is 0 Å². The van der Waals surface area contributed by atoms with Gasteiger partial charge in [-0.2, -0.15) is 0 Å². The maximum atomic E-state index is 12.4. The van der Waals surface area contributed by atoms with Crippen molar-refractivity contribution in [1.29, 1.82) is 0 Å². The Hall–Kier alpha value is -3.00. The van der Waals surface area contributed by atoms with Gasteiger partial charge >= 0.3 is 19.5 Å². The molecule has 9 heteroatoms. The first kappa shape index (κ1) is 26.3. The van der Waals surface area contributed by atoms with E-state index in [0.717, 1.165) is 11.1 Å². The zero-order valence-corrected chi connectivity index (χ0v) is 22.1. The van der Waals surface area contributed by atoms with Crippen LogP contribution in [0.5, 0.6) is 11.5 Å². The molecule has 0 fully saturated rings. The van der Waals surface area contributed by atoms with Crippen molar-refractivity contribution in [2.45, 2.75) is 40.9 Å². The van der Waals surface area contributed by atoms with E-state index in [0.29, 0.717) is 33.9 Å². The Morgan fingerprint density at radius 3 is 1.94 bits per heavy atom. The fraction of sp³-hybridized carbons (Fsp3) is 0.250. The maximum absolute atomic E-state index is 12.4. The third kappa shape index (κ3) is 5.68. The Morgan fingerprint density at radius 2 is 1.39 bits per heavy atom. The summed E-state index contributed by atoms with van der Waals surface area (Å²) in [5, 5.41) is 43.8. The average molecular weight is 498 g/mol. The molecule has 0 aliphatic carbocycles. The van der Waals surface area contributed by atoms with E-state index >= 15 is 0 Å². The van der Waals surface area contributed by atoms with E-state index in [1.165, 1.54) is 24.8 Å². The number of pyridine rings is 2. The van der Waals surface area contributed by atoms with Gasteiger partial charge in [0.2, 0.25) is 0 Å². The molecule has 1 aromatic carbocycles. The summed E-state index contributed by atoms with van der Waals surface area (Å²) in [6, 6.07) is 3.67. The largest absolute Gasteiger partial charge is 2.00 e. The predicted octanol–water partition coefficient (Wildman–Crippen LogP) is 2.34. The maximum Gasteiger partial charge on any atom is 2.00 e. The summed E-state index contributed by atoms with van der Waals surface area (Å²) < 4.78 is 0. The Balaban J connectivity index is 0.00000385. The van der Waals surface area contributed by atoms with Crippen LogP contribution in [-0.4, -0.2) is 32.6 Å². The zero-order valence-electron chi connectivity index (χ0n) is 19.1. The van der Waals surface area contributed by atoms with E-state index in [-0.39, 0.29) is 48.7 Å². The Kier molecular flexibility index (Phi) is 8.94. The molecule has 3 aromatic rings. The van der Waals surface area contributed by atoms with Crippen molar-refractivity contribution >= 4 is 23.8 Å². The van der Waals surface area contributed by atoms with Gasteiger partial charge in [-0.25, -0.2) is 0 Å². The normalized spacial score (nSPS) is 11.3. The number of hydrogen-bond donors (Lipinski definition) is 2. The first-order valence-corrected chi connectivity index (χ1v) is 9.98. The van der Waals surface area contributed by atoms with Crippen LogP contribution in [0.1, 0.15) is 44.8 Å². The number of nitrogens with zero attached hydrogens (tertiary/aromatic N) is 4. The number of benzene rings is 1. The van der Waals surface area contributed by atoms with Crippen LogP contribution >= 0.6 is 0 Å². The van der Waals surface area contributed by atoms with E-state index in [2.05, 4.69) is 20.0 Å². The summed E-state index contributed by atoms with van der Waals surface area (Å²) in [7, 11) is 0. The van der Waals surface area contributed by atoms with Gasteiger partial charge in [0.05, 0.1) is 23.7 Å². The summed E-state index contributed by atoms with van der Waals surface area (Å²) in [6.07, 6.45) is 5.72. The monoisotopic (exact) mass is 496 g/mol. The number of aromatic hydroxyl groups is 1. The molecular weight excluding hydrogens is 474 g/mol. The van der Waals surface area contributed by atoms with E-state index in [1.807, 2.05) is 26.0 Å². The second-order valence-corrected chi connectivity index (χ2v) is 7.49. The van der Waals surface area contributed by atoms with Crippen molar-refractivity contribution in [1.82, 2.24) is 9.97 Å². The molecule has 2 N–H and O–H groups in total. The standard InChI is InChI=1S/C24H25N4O4.Zn/c1-13-5-21(27-9-19-17(11-29)7-25-15(3)23(19)31)22(6-14(13)2)28-10-20-18(12-30)8-26-16(4)24(20)32;/h5-10,29,31-32H,11-12H2,1-4H3;/q-1;+2/p-1. The smallest absolute Gasteiger partial charge is 0.871 e. The van der Waals surface area contributed by atoms with Gasteiger partial charge in [0.1, 0.15) is 5.75 Å². The van der Waals surface area contributed by atoms with Crippen LogP contribution in [0.25, 0.3) is 0 Å². The SMILES string of the molecule is Cc1cc(N=Cc2c(C[O-])cnc(C)c2[O-])c(N=Cc2c(CO)cnc(C)c2O)cc1C.[Zn+2]. The van der Waals surface area contributed by atoms with Gasteiger partial charge in [0.25, 0.3) is 0 Å². The van der Waals surface area contributed by atoms with Gasteiger partial charge in [-0.1, -0.05) is 5.75 Å². The van der Waals surface area contributed by atoms with Gasteiger partial charge in [0, 0.05) is 41.6 Å². The molecule has 0 aliphatic heterocycles. The van der Waals surface area contributed by atoms with E-state index in [1.54, 1.807) is 13.8 Å². The van der Waals surface area contributed by atoms with Gasteiger partial charge in [-0.05, 0) is 62.1 Å². The topological polar surface area (TPSA) is 137 Å². The molecule has 0 saturated heterocycles. The number of aliphatic hydroxyl groups is 1. The molecule has 8 nitrogen and oxygen atoms in total. The van der Waals surface area contributed by atoms with Gasteiger partial charge in [-0.15, -0.1) is 6.61 Å². The molecule has 33 heavy (non-hydrogen) atoms. The van der Waals surface area contributed by atoms with Crippen LogP contribution in [0.4, 0.5) is 11.4 Å². The minimum atomic E-state index is -0.577. The van der Waals surface area contributed by atoms with E-state index in [9.17, 15) is 20.4 Å². The first-order chi connectivity index (χ1) is 15.3. The van der Waals surface area contributed by atoms with Gasteiger partial charge < -0.3 is 20.4 Å². The summed E-state index contributed by atoms with van der Waals surface area (Å²) in [6.45, 7) is 6.24. The van der Waals surface area contributed by atoms with E-state index in [4.69, 9.17) is 0 Å². The third-order valence-corrected chi connectivity index (χ3v) is 5.27. The third-order valence-electron chi connectivity index (χ3n) is 5.27. The van der Waals surface area contributed by atoms with Crippen LogP contribution in [0, 0.1) is 27.7 Å². The summed E-state index contributed by atoms with van der Waals surface area (Å²) in [5.41, 5.74) is 4.97. The number of aliphatic imine (C=N–C) groups is 2. The minimum absolute atomic E-state index is 0. The molecule has 0 unspecified atom stereocenters. The number of aromatic nitrogens is 2. The quantitative estimate of drug-likeness (QED) is 0.396. The second kappa shape index (κ2) is 11.2. The fourth-order valence-electron chi connectivity index (χ4n) is 3.08. The predicted molar refractivity (Wildman–Crippen MR) is 119 cm³/mol. The second-order valence-electron chi connectivity index (χ2n) is 7.49. The van der Waals surface area contributed by atoms with Crippen molar-refractivity contribution in [3.63, 3.8) is 0 Å². The van der Waals surface area contributed by atoms with Crippen molar-refractivity contribution in [3.8, 4) is 11.5 Å². The Morgan fingerprint density at radius 1 is 0.879 bits per heavy atom. The van der Waals surface area contributed by atoms with Crippen molar-refractivity contribution in [3.05, 3.63) is 69.3 Å². The van der Waals surface area contributed by atoms with Gasteiger partial charge in [0.15, 0.2) is 0 Å². The molecule has 0 amide bonds. The molecule has 0 spiro atoms. The van der Waals surface area contributed by atoms with Crippen LogP contribution < -0.4 is 10.2 Å². The van der Waals surface area contributed by atoms with Crippen molar-refractivity contribution < 1.29 is 39.9 Å². The molecule has 2 heterocycles. The van der Waals surface area contributed by atoms with Crippen LogP contribution in [0.15, 0.2) is 34.5 Å². The summed E-state index contributed by atoms with van der Waals surface area (Å²) in [4.78, 5) is 17.0. The molecule has 166 valence electrons. The van der Waals surface area contributed by atoms with E-state index < -0.39 is 6.61 Å². The molecule has 3 rings (SSSR count). The molecule has 2 aromatic heterocycles. The Labute approximate surface area is 205 Å². The molecule has 0 saturated carbocycles. The Bertz CT molecular complexity index is 1130. The average Bonchev–Trinajstić information content (AvgIpc) is 2.78. The fourth-order valence-corrected chi connectivity index (χ4v) is 3.08. The summed E-state index contributed by atoms with van der Waals surface area (Å²) in [5.74, 6) is -0.390. The first-order valence-electron chi connectivity index (χ1n) is 9.98. The van der Waals surface area contributed by atoms with Crippen molar-refractivity contribution in [2.24, 2.45) is 9.98 Å². The number of aryl methyl sites for hydroxylation is 4. The van der Waals surface area contributed by atoms with Crippen LogP contribution in [-0.2, 0) is 32.7 Å². The molecule has 0 radical (unpaired) electrons.